The Labute approximate surface area is 90.9 Å². The van der Waals surface area contributed by atoms with Gasteiger partial charge in [0.1, 0.15) is 0 Å². The standard InChI is InChI=1S/C8H18ClNO3S/c1-7(4-9)6-14(12,13)10(3)8(2)5-11/h7-8,11H,4-6H2,1-3H3. The van der Waals surface area contributed by atoms with Gasteiger partial charge in [-0.3, -0.25) is 0 Å². The van der Waals surface area contributed by atoms with E-state index in [-0.39, 0.29) is 24.3 Å². The average Bonchev–Trinajstić information content (AvgIpc) is 2.14. The van der Waals surface area contributed by atoms with E-state index in [9.17, 15) is 8.42 Å². The van der Waals surface area contributed by atoms with Gasteiger partial charge < -0.3 is 5.11 Å². The third-order valence-corrected chi connectivity index (χ3v) is 4.84. The summed E-state index contributed by atoms with van der Waals surface area (Å²) in [5.74, 6) is 0.271. The van der Waals surface area contributed by atoms with Crippen molar-refractivity contribution in [2.75, 3.05) is 25.3 Å². The number of halogens is 1. The van der Waals surface area contributed by atoms with Crippen molar-refractivity contribution >= 4 is 21.6 Å². The molecule has 0 radical (unpaired) electrons. The molecule has 0 aromatic heterocycles. The Morgan fingerprint density at radius 2 is 1.93 bits per heavy atom. The number of hydrogen-bond acceptors (Lipinski definition) is 3. The smallest absolute Gasteiger partial charge is 0.214 e. The molecular formula is C8H18ClNO3S. The van der Waals surface area contributed by atoms with Crippen LogP contribution in [0.15, 0.2) is 0 Å². The monoisotopic (exact) mass is 243 g/mol. The molecule has 0 aliphatic carbocycles. The number of hydrogen-bond donors (Lipinski definition) is 1. The summed E-state index contributed by atoms with van der Waals surface area (Å²) in [6, 6.07) is -0.387. The Kier molecular flexibility index (Phi) is 5.97. The molecule has 0 rings (SSSR count). The van der Waals surface area contributed by atoms with E-state index in [1.165, 1.54) is 11.4 Å². The summed E-state index contributed by atoms with van der Waals surface area (Å²) < 4.78 is 24.5. The highest BCUT2D eigenvalue weighted by atomic mass is 35.5. The summed E-state index contributed by atoms with van der Waals surface area (Å²) >= 11 is 5.54. The predicted octanol–water partition coefficient (Wildman–Crippen LogP) is 0.504. The molecule has 2 unspecified atom stereocenters. The maximum atomic E-state index is 11.7. The number of rotatable bonds is 6. The third-order valence-electron chi connectivity index (χ3n) is 2.08. The third kappa shape index (κ3) is 4.13. The minimum atomic E-state index is -3.29. The van der Waals surface area contributed by atoms with Crippen molar-refractivity contribution in [3.8, 4) is 0 Å². The van der Waals surface area contributed by atoms with Gasteiger partial charge in [-0.05, 0) is 12.8 Å². The minimum Gasteiger partial charge on any atom is -0.395 e. The molecule has 0 heterocycles. The highest BCUT2D eigenvalue weighted by molar-refractivity contribution is 7.89. The zero-order valence-corrected chi connectivity index (χ0v) is 10.3. The van der Waals surface area contributed by atoms with Gasteiger partial charge in [0.25, 0.3) is 0 Å². The van der Waals surface area contributed by atoms with Crippen LogP contribution in [0.4, 0.5) is 0 Å². The first kappa shape index (κ1) is 14.2. The Morgan fingerprint density at radius 1 is 1.43 bits per heavy atom. The molecule has 0 aliphatic rings. The van der Waals surface area contributed by atoms with E-state index in [4.69, 9.17) is 16.7 Å². The summed E-state index contributed by atoms with van der Waals surface area (Å²) in [5.41, 5.74) is 0. The molecule has 4 nitrogen and oxygen atoms in total. The van der Waals surface area contributed by atoms with Gasteiger partial charge in [0.2, 0.25) is 10.0 Å². The number of sulfonamides is 1. The molecule has 0 aromatic carbocycles. The second-order valence-electron chi connectivity index (χ2n) is 3.59. The van der Waals surface area contributed by atoms with E-state index in [0.29, 0.717) is 5.88 Å². The molecule has 0 saturated heterocycles. The van der Waals surface area contributed by atoms with E-state index >= 15 is 0 Å². The first-order valence-corrected chi connectivity index (χ1v) is 6.62. The van der Waals surface area contributed by atoms with E-state index in [2.05, 4.69) is 0 Å². The van der Waals surface area contributed by atoms with Gasteiger partial charge in [0, 0.05) is 19.0 Å². The molecule has 86 valence electrons. The van der Waals surface area contributed by atoms with Gasteiger partial charge in [-0.25, -0.2) is 8.42 Å². The van der Waals surface area contributed by atoms with Crippen molar-refractivity contribution in [3.05, 3.63) is 0 Å². The van der Waals surface area contributed by atoms with Crippen LogP contribution in [0.25, 0.3) is 0 Å². The zero-order chi connectivity index (χ0) is 11.4. The average molecular weight is 244 g/mol. The molecule has 0 fully saturated rings. The normalized spacial score (nSPS) is 17.0. The molecule has 2 atom stereocenters. The topological polar surface area (TPSA) is 57.6 Å². The van der Waals surface area contributed by atoms with Crippen molar-refractivity contribution in [2.24, 2.45) is 5.92 Å². The Balaban J connectivity index is 4.46. The summed E-state index contributed by atoms with van der Waals surface area (Å²) in [7, 11) is -1.82. The van der Waals surface area contributed by atoms with Crippen molar-refractivity contribution in [2.45, 2.75) is 19.9 Å². The van der Waals surface area contributed by atoms with Crippen LogP contribution in [-0.4, -0.2) is 49.2 Å². The fourth-order valence-corrected chi connectivity index (χ4v) is 2.84. The minimum absolute atomic E-state index is 0.0251. The van der Waals surface area contributed by atoms with Crippen LogP contribution in [-0.2, 0) is 10.0 Å². The molecule has 6 heteroatoms. The number of likely N-dealkylation sites (N-methyl/N-ethyl adjacent to an activating group) is 1. The summed E-state index contributed by atoms with van der Waals surface area (Å²) in [4.78, 5) is 0. The number of alkyl halides is 1. The van der Waals surface area contributed by atoms with Crippen LogP contribution in [0, 0.1) is 5.92 Å². The number of aliphatic hydroxyl groups excluding tert-OH is 1. The van der Waals surface area contributed by atoms with Gasteiger partial charge in [0.05, 0.1) is 12.4 Å². The largest absolute Gasteiger partial charge is 0.395 e. The lowest BCUT2D eigenvalue weighted by Gasteiger charge is -2.23. The predicted molar refractivity (Wildman–Crippen MR) is 58.0 cm³/mol. The summed E-state index contributed by atoms with van der Waals surface area (Å²) in [5, 5.41) is 8.83. The summed E-state index contributed by atoms with van der Waals surface area (Å²) in [6.45, 7) is 3.26. The quantitative estimate of drug-likeness (QED) is 0.692. The van der Waals surface area contributed by atoms with Gasteiger partial charge in [-0.1, -0.05) is 6.92 Å². The molecule has 14 heavy (non-hydrogen) atoms. The van der Waals surface area contributed by atoms with Crippen molar-refractivity contribution in [1.29, 1.82) is 0 Å². The lowest BCUT2D eigenvalue weighted by Crippen LogP contribution is -2.40. The second-order valence-corrected chi connectivity index (χ2v) is 5.97. The Morgan fingerprint density at radius 3 is 2.29 bits per heavy atom. The van der Waals surface area contributed by atoms with Gasteiger partial charge in [-0.2, -0.15) is 4.31 Å². The number of aliphatic hydroxyl groups is 1. The maximum Gasteiger partial charge on any atom is 0.214 e. The molecule has 0 bridgehead atoms. The number of nitrogens with zero attached hydrogens (tertiary/aromatic N) is 1. The Hall–Kier alpha value is 0.160. The maximum absolute atomic E-state index is 11.7. The molecule has 0 amide bonds. The van der Waals surface area contributed by atoms with Crippen molar-refractivity contribution in [3.63, 3.8) is 0 Å². The van der Waals surface area contributed by atoms with Gasteiger partial charge >= 0.3 is 0 Å². The van der Waals surface area contributed by atoms with Gasteiger partial charge in [-0.15, -0.1) is 11.6 Å². The molecule has 1 N–H and O–H groups in total. The van der Waals surface area contributed by atoms with E-state index in [1.807, 2.05) is 0 Å². The lowest BCUT2D eigenvalue weighted by atomic mass is 10.3. The second kappa shape index (κ2) is 5.90. The molecule has 0 spiro atoms. The Bertz CT molecular complexity index is 255. The van der Waals surface area contributed by atoms with Crippen LogP contribution in [0.2, 0.25) is 0 Å². The highest BCUT2D eigenvalue weighted by Gasteiger charge is 2.24. The van der Waals surface area contributed by atoms with Crippen LogP contribution >= 0.6 is 11.6 Å². The highest BCUT2D eigenvalue weighted by Crippen LogP contribution is 2.10. The fraction of sp³-hybridized carbons (Fsp3) is 1.00. The fourth-order valence-electron chi connectivity index (χ4n) is 0.911. The van der Waals surface area contributed by atoms with E-state index in [0.717, 1.165) is 0 Å². The molecule has 0 aromatic rings. The molecule has 0 saturated carbocycles. The first-order chi connectivity index (χ1) is 6.35. The van der Waals surface area contributed by atoms with Crippen molar-refractivity contribution in [1.82, 2.24) is 4.31 Å². The zero-order valence-electron chi connectivity index (χ0n) is 8.77. The van der Waals surface area contributed by atoms with Crippen LogP contribution in [0.5, 0.6) is 0 Å². The molecule has 0 aliphatic heterocycles. The first-order valence-electron chi connectivity index (χ1n) is 4.47. The molecular weight excluding hydrogens is 226 g/mol. The van der Waals surface area contributed by atoms with Crippen LogP contribution < -0.4 is 0 Å². The summed E-state index contributed by atoms with van der Waals surface area (Å²) in [6.07, 6.45) is 0. The van der Waals surface area contributed by atoms with Crippen LogP contribution in [0.3, 0.4) is 0 Å². The van der Waals surface area contributed by atoms with Gasteiger partial charge in [0.15, 0.2) is 0 Å². The van der Waals surface area contributed by atoms with E-state index in [1.54, 1.807) is 13.8 Å². The van der Waals surface area contributed by atoms with E-state index < -0.39 is 10.0 Å². The van der Waals surface area contributed by atoms with Crippen molar-refractivity contribution < 1.29 is 13.5 Å². The SMILES string of the molecule is CC(CCl)CS(=O)(=O)N(C)C(C)CO. The lowest BCUT2D eigenvalue weighted by molar-refractivity contribution is 0.213. The van der Waals surface area contributed by atoms with Crippen LogP contribution in [0.1, 0.15) is 13.8 Å².